The highest BCUT2D eigenvalue weighted by molar-refractivity contribution is 5.67. The molecule has 2 unspecified atom stereocenters. The van der Waals surface area contributed by atoms with E-state index >= 15 is 0 Å². The molecular weight excluding hydrogens is 355 g/mol. The number of alkyl carbamates (subject to hydrolysis) is 1. The van der Waals surface area contributed by atoms with Crippen LogP contribution in [-0.4, -0.2) is 41.7 Å². The number of hydrogen-bond donors (Lipinski definition) is 3. The summed E-state index contributed by atoms with van der Waals surface area (Å²) >= 11 is 0. The lowest BCUT2D eigenvalue weighted by Crippen LogP contribution is -2.34. The third-order valence-corrected chi connectivity index (χ3v) is 3.34. The second-order valence-electron chi connectivity index (χ2n) is 6.69. The fraction of sp³-hybridized carbons (Fsp3) is 0.588. The molecule has 1 rings (SSSR count). The average Bonchev–Trinajstić information content (AvgIpc) is 2.50. The second kappa shape index (κ2) is 8.59. The zero-order valence-corrected chi connectivity index (χ0v) is 15.1. The summed E-state index contributed by atoms with van der Waals surface area (Å²) in [5.74, 6) is -0.380. The minimum absolute atomic E-state index is 0.0184. The second-order valence-corrected chi connectivity index (χ2v) is 6.69. The molecule has 1 amide bonds. The summed E-state index contributed by atoms with van der Waals surface area (Å²) in [6, 6.07) is 3.05. The zero-order chi connectivity index (χ0) is 20.1. The molecule has 0 saturated carbocycles. The molecule has 1 aromatic carbocycles. The number of aliphatic hydroxyl groups excluding tert-OH is 2. The summed E-state index contributed by atoms with van der Waals surface area (Å²) in [5.41, 5.74) is -1.84. The van der Waals surface area contributed by atoms with Crippen LogP contribution >= 0.6 is 0 Å². The van der Waals surface area contributed by atoms with Crippen LogP contribution in [0.25, 0.3) is 0 Å². The first-order valence-corrected chi connectivity index (χ1v) is 7.93. The van der Waals surface area contributed by atoms with E-state index in [9.17, 15) is 28.2 Å². The SMILES string of the molecule is COc1ccc(C(O)C(O)CCNC(=O)OC(C)(C)C)cc1C(F)(F)F. The minimum Gasteiger partial charge on any atom is -0.496 e. The van der Waals surface area contributed by atoms with Gasteiger partial charge in [-0.3, -0.25) is 0 Å². The molecule has 6 nitrogen and oxygen atoms in total. The Morgan fingerprint density at radius 3 is 2.35 bits per heavy atom. The molecule has 3 N–H and O–H groups in total. The predicted octanol–water partition coefficient (Wildman–Crippen LogP) is 3.02. The molecule has 0 bridgehead atoms. The maximum absolute atomic E-state index is 13.0. The van der Waals surface area contributed by atoms with Crippen molar-refractivity contribution in [2.45, 2.75) is 51.2 Å². The van der Waals surface area contributed by atoms with Gasteiger partial charge in [0, 0.05) is 6.54 Å². The maximum Gasteiger partial charge on any atom is 0.419 e. The molecule has 0 heterocycles. The van der Waals surface area contributed by atoms with Crippen LogP contribution in [0.15, 0.2) is 18.2 Å². The van der Waals surface area contributed by atoms with E-state index in [-0.39, 0.29) is 24.3 Å². The number of methoxy groups -OCH3 is 1. The lowest BCUT2D eigenvalue weighted by Gasteiger charge is -2.22. The van der Waals surface area contributed by atoms with Crippen LogP contribution in [0.4, 0.5) is 18.0 Å². The number of amides is 1. The molecule has 0 fully saturated rings. The first-order chi connectivity index (χ1) is 11.8. The Morgan fingerprint density at radius 2 is 1.85 bits per heavy atom. The predicted molar refractivity (Wildman–Crippen MR) is 87.8 cm³/mol. The molecule has 0 aliphatic heterocycles. The smallest absolute Gasteiger partial charge is 0.419 e. The van der Waals surface area contributed by atoms with E-state index < -0.39 is 35.6 Å². The van der Waals surface area contributed by atoms with Gasteiger partial charge in [0.2, 0.25) is 0 Å². The van der Waals surface area contributed by atoms with Crippen molar-refractivity contribution < 1.29 is 37.7 Å². The molecule has 0 aromatic heterocycles. The number of halogens is 3. The number of hydrogen-bond acceptors (Lipinski definition) is 5. The summed E-state index contributed by atoms with van der Waals surface area (Å²) in [4.78, 5) is 11.5. The van der Waals surface area contributed by atoms with Gasteiger partial charge in [-0.25, -0.2) is 4.79 Å². The first kappa shape index (κ1) is 22.0. The van der Waals surface area contributed by atoms with E-state index in [0.717, 1.165) is 19.2 Å². The van der Waals surface area contributed by atoms with Gasteiger partial charge in [-0.1, -0.05) is 6.07 Å². The Bertz CT molecular complexity index is 613. The van der Waals surface area contributed by atoms with E-state index in [2.05, 4.69) is 10.1 Å². The normalized spacial score (nSPS) is 14.5. The van der Waals surface area contributed by atoms with Crippen molar-refractivity contribution in [2.75, 3.05) is 13.7 Å². The lowest BCUT2D eigenvalue weighted by atomic mass is 9.99. The molecule has 0 saturated heterocycles. The van der Waals surface area contributed by atoms with Crippen LogP contribution in [0.1, 0.15) is 44.4 Å². The summed E-state index contributed by atoms with van der Waals surface area (Å²) in [6.07, 6.45) is -8.36. The third kappa shape index (κ3) is 6.72. The van der Waals surface area contributed by atoms with Crippen LogP contribution < -0.4 is 10.1 Å². The molecule has 26 heavy (non-hydrogen) atoms. The van der Waals surface area contributed by atoms with Gasteiger partial charge in [0.15, 0.2) is 0 Å². The number of carbonyl (C=O) groups is 1. The van der Waals surface area contributed by atoms with E-state index in [1.54, 1.807) is 20.8 Å². The standard InChI is InChI=1S/C17H24F3NO5/c1-16(2,3)26-15(24)21-8-7-12(22)14(23)10-5-6-13(25-4)11(9-10)17(18,19)20/h5-6,9,12,14,22-23H,7-8H2,1-4H3,(H,21,24). The molecule has 0 aliphatic rings. The quantitative estimate of drug-likeness (QED) is 0.707. The largest absolute Gasteiger partial charge is 0.496 e. The minimum atomic E-state index is -4.66. The number of ether oxygens (including phenoxy) is 2. The molecule has 0 aliphatic carbocycles. The molecule has 1 aromatic rings. The van der Waals surface area contributed by atoms with Crippen molar-refractivity contribution in [2.24, 2.45) is 0 Å². The van der Waals surface area contributed by atoms with Gasteiger partial charge in [-0.15, -0.1) is 0 Å². The van der Waals surface area contributed by atoms with Crippen LogP contribution in [0.2, 0.25) is 0 Å². The number of nitrogens with one attached hydrogen (secondary N) is 1. The van der Waals surface area contributed by atoms with Crippen LogP contribution in [0.5, 0.6) is 5.75 Å². The van der Waals surface area contributed by atoms with E-state index in [0.29, 0.717) is 0 Å². The Balaban J connectivity index is 2.71. The molecule has 2 atom stereocenters. The number of alkyl halides is 3. The highest BCUT2D eigenvalue weighted by Gasteiger charge is 2.35. The number of benzene rings is 1. The first-order valence-electron chi connectivity index (χ1n) is 7.93. The van der Waals surface area contributed by atoms with Crippen molar-refractivity contribution in [3.05, 3.63) is 29.3 Å². The summed E-state index contributed by atoms with van der Waals surface area (Å²) in [6.45, 7) is 5.04. The van der Waals surface area contributed by atoms with Crippen LogP contribution in [0.3, 0.4) is 0 Å². The van der Waals surface area contributed by atoms with E-state index in [4.69, 9.17) is 4.74 Å². The Hall–Kier alpha value is -2.00. The van der Waals surface area contributed by atoms with Gasteiger partial charge >= 0.3 is 12.3 Å². The van der Waals surface area contributed by atoms with Crippen LogP contribution in [0, 0.1) is 0 Å². The number of carbonyl (C=O) groups excluding carboxylic acids is 1. The third-order valence-electron chi connectivity index (χ3n) is 3.34. The van der Waals surface area contributed by atoms with Gasteiger partial charge in [-0.2, -0.15) is 13.2 Å². The zero-order valence-electron chi connectivity index (χ0n) is 15.1. The molecule has 148 valence electrons. The fourth-order valence-corrected chi connectivity index (χ4v) is 2.15. The lowest BCUT2D eigenvalue weighted by molar-refractivity contribution is -0.138. The topological polar surface area (TPSA) is 88.0 Å². The summed E-state index contributed by atoms with van der Waals surface area (Å²) in [7, 11) is 1.11. The van der Waals surface area contributed by atoms with E-state index in [1.807, 2.05) is 0 Å². The Labute approximate surface area is 149 Å². The highest BCUT2D eigenvalue weighted by atomic mass is 19.4. The summed E-state index contributed by atoms with van der Waals surface area (Å²) < 4.78 is 48.7. The monoisotopic (exact) mass is 379 g/mol. The van der Waals surface area contributed by atoms with Gasteiger partial charge in [-0.05, 0) is 44.9 Å². The molecule has 9 heteroatoms. The Kier molecular flexibility index (Phi) is 7.28. The van der Waals surface area contributed by atoms with Gasteiger partial charge in [0.1, 0.15) is 17.5 Å². The molecular formula is C17H24F3NO5. The molecule has 0 radical (unpaired) electrons. The van der Waals surface area contributed by atoms with Crippen molar-refractivity contribution in [3.63, 3.8) is 0 Å². The van der Waals surface area contributed by atoms with Crippen molar-refractivity contribution in [1.29, 1.82) is 0 Å². The summed E-state index contributed by atoms with van der Waals surface area (Å²) in [5, 5.41) is 22.5. The maximum atomic E-state index is 13.0. The van der Waals surface area contributed by atoms with Gasteiger partial charge in [0.25, 0.3) is 0 Å². The Morgan fingerprint density at radius 1 is 1.23 bits per heavy atom. The van der Waals surface area contributed by atoms with Crippen molar-refractivity contribution >= 4 is 6.09 Å². The van der Waals surface area contributed by atoms with Gasteiger partial charge in [0.05, 0.1) is 18.8 Å². The van der Waals surface area contributed by atoms with Crippen LogP contribution in [-0.2, 0) is 10.9 Å². The number of aliphatic hydroxyl groups is 2. The van der Waals surface area contributed by atoms with Crippen molar-refractivity contribution in [1.82, 2.24) is 5.32 Å². The van der Waals surface area contributed by atoms with Crippen molar-refractivity contribution in [3.8, 4) is 5.75 Å². The molecule has 0 spiro atoms. The average molecular weight is 379 g/mol. The number of rotatable bonds is 6. The van der Waals surface area contributed by atoms with Gasteiger partial charge < -0.3 is 25.0 Å². The highest BCUT2D eigenvalue weighted by Crippen LogP contribution is 2.38. The van der Waals surface area contributed by atoms with E-state index in [1.165, 1.54) is 6.07 Å². The fourth-order valence-electron chi connectivity index (χ4n) is 2.15.